The van der Waals surface area contributed by atoms with E-state index in [1.54, 1.807) is 0 Å². The number of hydrogen-bond donors (Lipinski definition) is 2. The maximum absolute atomic E-state index is 10.7. The number of carbonyl (C=O) groups is 1. The van der Waals surface area contributed by atoms with E-state index in [9.17, 15) is 4.79 Å². The Hall–Kier alpha value is -0.570. The van der Waals surface area contributed by atoms with Crippen molar-refractivity contribution in [2.24, 2.45) is 0 Å². The van der Waals surface area contributed by atoms with Gasteiger partial charge in [0, 0.05) is 6.04 Å². The van der Waals surface area contributed by atoms with E-state index >= 15 is 0 Å². The van der Waals surface area contributed by atoms with Crippen LogP contribution in [0.3, 0.4) is 0 Å². The molecule has 76 valence electrons. The maximum Gasteiger partial charge on any atom is 0.320 e. The van der Waals surface area contributed by atoms with E-state index in [1.807, 2.05) is 6.92 Å². The second kappa shape index (κ2) is 5.22. The van der Waals surface area contributed by atoms with Gasteiger partial charge in [-0.05, 0) is 19.3 Å². The van der Waals surface area contributed by atoms with Crippen molar-refractivity contribution in [3.63, 3.8) is 0 Å². The van der Waals surface area contributed by atoms with Gasteiger partial charge in [0.1, 0.15) is 6.04 Å². The number of carboxylic acids is 1. The first-order valence-electron chi connectivity index (χ1n) is 5.23. The fraction of sp³-hybridized carbons (Fsp3) is 0.900. The minimum absolute atomic E-state index is 0.344. The van der Waals surface area contributed by atoms with E-state index in [0.717, 1.165) is 12.8 Å². The molecule has 1 fully saturated rings. The van der Waals surface area contributed by atoms with Crippen molar-refractivity contribution in [1.82, 2.24) is 5.32 Å². The van der Waals surface area contributed by atoms with Gasteiger partial charge in [-0.1, -0.05) is 26.2 Å². The monoisotopic (exact) mass is 185 g/mol. The van der Waals surface area contributed by atoms with Gasteiger partial charge in [0.25, 0.3) is 0 Å². The molecule has 1 aliphatic rings. The summed E-state index contributed by atoms with van der Waals surface area (Å²) in [5.74, 6) is -0.715. The van der Waals surface area contributed by atoms with E-state index in [4.69, 9.17) is 5.11 Å². The molecule has 2 N–H and O–H groups in total. The van der Waals surface area contributed by atoms with Crippen molar-refractivity contribution < 1.29 is 9.90 Å². The van der Waals surface area contributed by atoms with Crippen LogP contribution < -0.4 is 5.32 Å². The van der Waals surface area contributed by atoms with Gasteiger partial charge in [-0.3, -0.25) is 4.79 Å². The van der Waals surface area contributed by atoms with Crippen LogP contribution >= 0.6 is 0 Å². The summed E-state index contributed by atoms with van der Waals surface area (Å²) in [6.45, 7) is 1.91. The van der Waals surface area contributed by atoms with E-state index in [0.29, 0.717) is 12.5 Å². The number of rotatable bonds is 4. The average molecular weight is 185 g/mol. The van der Waals surface area contributed by atoms with Gasteiger partial charge in [0.05, 0.1) is 0 Å². The van der Waals surface area contributed by atoms with Gasteiger partial charge in [-0.25, -0.2) is 0 Å². The molecule has 0 radical (unpaired) electrons. The molecular weight excluding hydrogens is 166 g/mol. The van der Waals surface area contributed by atoms with Crippen LogP contribution in [0.1, 0.15) is 45.4 Å². The highest BCUT2D eigenvalue weighted by Crippen LogP contribution is 2.18. The summed E-state index contributed by atoms with van der Waals surface area (Å²) in [4.78, 5) is 10.7. The molecule has 0 aromatic heterocycles. The third-order valence-electron chi connectivity index (χ3n) is 2.75. The highest BCUT2D eigenvalue weighted by molar-refractivity contribution is 5.73. The number of aliphatic carboxylic acids is 1. The summed E-state index contributed by atoms with van der Waals surface area (Å²) in [6, 6.07) is 0.0953. The minimum atomic E-state index is -0.715. The van der Waals surface area contributed by atoms with Gasteiger partial charge < -0.3 is 10.4 Å². The Balaban J connectivity index is 2.31. The first-order valence-corrected chi connectivity index (χ1v) is 5.23. The SMILES string of the molecule is CC[C@@H](NC1CCCCC1)C(=O)O. The van der Waals surface area contributed by atoms with Crippen LogP contribution in [0, 0.1) is 0 Å². The summed E-state index contributed by atoms with van der Waals surface area (Å²) in [5, 5.41) is 12.0. The minimum Gasteiger partial charge on any atom is -0.480 e. The normalized spacial score (nSPS) is 21.3. The lowest BCUT2D eigenvalue weighted by Crippen LogP contribution is -2.43. The van der Waals surface area contributed by atoms with Crippen molar-refractivity contribution >= 4 is 5.97 Å². The zero-order chi connectivity index (χ0) is 9.68. The van der Waals surface area contributed by atoms with E-state index < -0.39 is 5.97 Å². The summed E-state index contributed by atoms with van der Waals surface area (Å²) in [7, 11) is 0. The molecule has 3 nitrogen and oxygen atoms in total. The molecule has 13 heavy (non-hydrogen) atoms. The molecule has 1 atom stereocenters. The molecule has 3 heteroatoms. The molecule has 0 saturated heterocycles. The predicted molar refractivity (Wildman–Crippen MR) is 51.7 cm³/mol. The van der Waals surface area contributed by atoms with Crippen LogP contribution in [-0.4, -0.2) is 23.2 Å². The molecule has 0 aromatic carbocycles. The van der Waals surface area contributed by atoms with Gasteiger partial charge in [-0.15, -0.1) is 0 Å². The van der Waals surface area contributed by atoms with E-state index in [-0.39, 0.29) is 6.04 Å². The summed E-state index contributed by atoms with van der Waals surface area (Å²) < 4.78 is 0. The lowest BCUT2D eigenvalue weighted by atomic mass is 9.94. The molecule has 0 aliphatic heterocycles. The summed E-state index contributed by atoms with van der Waals surface area (Å²) >= 11 is 0. The van der Waals surface area contributed by atoms with Crippen molar-refractivity contribution in [3.8, 4) is 0 Å². The molecular formula is C10H19NO2. The molecule has 0 aromatic rings. The first kappa shape index (κ1) is 10.5. The molecule has 1 aliphatic carbocycles. The van der Waals surface area contributed by atoms with Crippen LogP contribution in [0.25, 0.3) is 0 Å². The zero-order valence-electron chi connectivity index (χ0n) is 8.25. The van der Waals surface area contributed by atoms with Crippen molar-refractivity contribution in [2.45, 2.75) is 57.5 Å². The quantitative estimate of drug-likeness (QED) is 0.701. The van der Waals surface area contributed by atoms with Crippen LogP contribution in [0.2, 0.25) is 0 Å². The van der Waals surface area contributed by atoms with Gasteiger partial charge in [-0.2, -0.15) is 0 Å². The second-order valence-electron chi connectivity index (χ2n) is 3.80. The van der Waals surface area contributed by atoms with Crippen molar-refractivity contribution in [1.29, 1.82) is 0 Å². The Kier molecular flexibility index (Phi) is 4.22. The van der Waals surface area contributed by atoms with Crippen LogP contribution in [0.4, 0.5) is 0 Å². The molecule has 1 saturated carbocycles. The van der Waals surface area contributed by atoms with Crippen LogP contribution in [0.5, 0.6) is 0 Å². The standard InChI is InChI=1S/C10H19NO2/c1-2-9(10(12)13)11-8-6-4-3-5-7-8/h8-9,11H,2-7H2,1H3,(H,12,13)/t9-/m1/s1. The third-order valence-corrected chi connectivity index (χ3v) is 2.75. The lowest BCUT2D eigenvalue weighted by Gasteiger charge is -2.25. The number of hydrogen-bond acceptors (Lipinski definition) is 2. The largest absolute Gasteiger partial charge is 0.480 e. The lowest BCUT2D eigenvalue weighted by molar-refractivity contribution is -0.139. The Labute approximate surface area is 79.5 Å². The van der Waals surface area contributed by atoms with E-state index in [2.05, 4.69) is 5.32 Å². The predicted octanol–water partition coefficient (Wildman–Crippen LogP) is 1.77. The molecule has 1 rings (SSSR count). The number of carboxylic acid groups (broad SMARTS) is 1. The first-order chi connectivity index (χ1) is 6.24. The molecule has 0 amide bonds. The number of nitrogens with one attached hydrogen (secondary N) is 1. The maximum atomic E-state index is 10.7. The van der Waals surface area contributed by atoms with E-state index in [1.165, 1.54) is 19.3 Å². The summed E-state index contributed by atoms with van der Waals surface area (Å²) in [5.41, 5.74) is 0. The van der Waals surface area contributed by atoms with Crippen LogP contribution in [-0.2, 0) is 4.79 Å². The Bertz CT molecular complexity index is 164. The molecule has 0 unspecified atom stereocenters. The summed E-state index contributed by atoms with van der Waals surface area (Å²) in [6.07, 6.45) is 6.75. The third kappa shape index (κ3) is 3.35. The Morgan fingerprint density at radius 2 is 2.08 bits per heavy atom. The van der Waals surface area contributed by atoms with Gasteiger partial charge in [0.2, 0.25) is 0 Å². The van der Waals surface area contributed by atoms with Crippen molar-refractivity contribution in [2.75, 3.05) is 0 Å². The smallest absolute Gasteiger partial charge is 0.320 e. The molecule has 0 spiro atoms. The van der Waals surface area contributed by atoms with Crippen LogP contribution in [0.15, 0.2) is 0 Å². The van der Waals surface area contributed by atoms with Gasteiger partial charge in [0.15, 0.2) is 0 Å². The molecule has 0 heterocycles. The highest BCUT2D eigenvalue weighted by atomic mass is 16.4. The second-order valence-corrected chi connectivity index (χ2v) is 3.80. The molecule has 0 bridgehead atoms. The average Bonchev–Trinajstić information content (AvgIpc) is 2.15. The fourth-order valence-electron chi connectivity index (χ4n) is 1.92. The van der Waals surface area contributed by atoms with Gasteiger partial charge >= 0.3 is 5.97 Å². The zero-order valence-corrected chi connectivity index (χ0v) is 8.25. The highest BCUT2D eigenvalue weighted by Gasteiger charge is 2.20. The fourth-order valence-corrected chi connectivity index (χ4v) is 1.92. The topological polar surface area (TPSA) is 49.3 Å². The van der Waals surface area contributed by atoms with Crippen molar-refractivity contribution in [3.05, 3.63) is 0 Å². The Morgan fingerprint density at radius 1 is 1.46 bits per heavy atom. The Morgan fingerprint density at radius 3 is 2.54 bits per heavy atom.